The number of aliphatic hydroxyl groups excluding tert-OH is 1. The maximum absolute atomic E-state index is 14.9. The Balaban J connectivity index is 1.59. The van der Waals surface area contributed by atoms with Crippen molar-refractivity contribution in [3.05, 3.63) is 101 Å². The average molecular weight is 1640 g/mol. The predicted octanol–water partition coefficient (Wildman–Crippen LogP) is -6.01. The van der Waals surface area contributed by atoms with Crippen LogP contribution < -0.4 is 86.3 Å². The number of primary amides is 1. The number of aliphatic hydroxyl groups is 1. The standard InChI is InChI=1S/C74H97N17O26/c1-34(2)39-21-19-38(20-22-39)12-10-18-53(94)83-46(25-40-30-78-44-16-9-7-13-41(40)44)68(110)86-47(26-52(77)93)69(111)88-50(29-59(103)104)70(112)90-61-37(5)117-74(116)62(63(105)42-14-6-8-15-43(42)76)91-73(115)60(35(3)24-56(97)98)89-71(113)51(33-92)84-55(96)31-79-65(107)48(27-57(99)100)85-64(106)36(4)81-67(109)49(28-58(101)102)87-66(108)45(17-11-23-75)82-54(95)32-80-72(61)114/h6-9,13-16,19-22,30,34-37,45-51,60-62,78,92H,10-12,17-18,23-29,31-33,75-76H2,1-5H3,(H2,77,93)(H,79,107)(H,80,114)(H,81,109)(H,82,95)(H,83,94)(H,84,96)(H,85,106)(H,86,110)(H,87,108)(H,88,111)(H,89,113)(H,90,112)(H,91,115)(H,97,98)(H,99,100)(H,101,102)(H,103,104)/t35-,36-,37-,45+,46?,47-,48+,49+,50+,51-,60+,61+,62+/m1/s1. The molecule has 0 aliphatic carbocycles. The molecule has 0 saturated carbocycles. The highest BCUT2D eigenvalue weighted by Crippen LogP contribution is 2.22. The fourth-order valence-electron chi connectivity index (χ4n) is 11.8. The van der Waals surface area contributed by atoms with Gasteiger partial charge in [-0.2, -0.15) is 0 Å². The summed E-state index contributed by atoms with van der Waals surface area (Å²) in [5, 5.41) is 78.4. The summed E-state index contributed by atoms with van der Waals surface area (Å²) in [5.41, 5.74) is 19.7. The number of anilines is 1. The third kappa shape index (κ3) is 30.1. The number of cyclic esters (lactones) is 1. The summed E-state index contributed by atoms with van der Waals surface area (Å²) in [6, 6.07) is -3.90. The molecule has 1 aliphatic rings. The minimum atomic E-state index is -2.71. The molecule has 0 bridgehead atoms. The number of carbonyl (C=O) groups excluding carboxylic acids is 16. The number of carboxylic acid groups (broad SMARTS) is 4. The summed E-state index contributed by atoms with van der Waals surface area (Å²) in [7, 11) is 0. The summed E-state index contributed by atoms with van der Waals surface area (Å²) in [6.07, 6.45) is -6.69. The number of ketones is 1. The zero-order valence-corrected chi connectivity index (χ0v) is 64.2. The lowest BCUT2D eigenvalue weighted by Gasteiger charge is -2.30. The van der Waals surface area contributed by atoms with E-state index in [0.717, 1.165) is 44.0 Å². The molecule has 2 heterocycles. The highest BCUT2D eigenvalue weighted by Gasteiger charge is 2.42. The number of fused-ring (bicyclic) bond motifs is 1. The lowest BCUT2D eigenvalue weighted by atomic mass is 9.95. The van der Waals surface area contributed by atoms with Crippen LogP contribution in [0.15, 0.2) is 79.0 Å². The van der Waals surface area contributed by atoms with E-state index in [1.807, 2.05) is 59.4 Å². The van der Waals surface area contributed by atoms with Gasteiger partial charge in [0.25, 0.3) is 0 Å². The molecule has 117 heavy (non-hydrogen) atoms. The number of amides is 14. The van der Waals surface area contributed by atoms with Crippen LogP contribution in [0.25, 0.3) is 10.9 Å². The summed E-state index contributed by atoms with van der Waals surface area (Å²) in [6.45, 7) is 2.98. The molecule has 13 atom stereocenters. The molecule has 1 saturated heterocycles. The van der Waals surface area contributed by atoms with Crippen LogP contribution in [0.1, 0.15) is 125 Å². The van der Waals surface area contributed by atoms with Crippen molar-refractivity contribution in [2.24, 2.45) is 17.4 Å². The molecule has 5 rings (SSSR count). The van der Waals surface area contributed by atoms with Crippen molar-refractivity contribution in [2.45, 2.75) is 184 Å². The number of aryl methyl sites for hydroxylation is 1. The van der Waals surface area contributed by atoms with E-state index in [1.54, 1.807) is 30.5 Å². The molecular weight excluding hydrogens is 1540 g/mol. The Morgan fingerprint density at radius 1 is 0.564 bits per heavy atom. The topological polar surface area (TPSA) is 702 Å². The Labute approximate surface area is 667 Å². The Kier molecular flexibility index (Phi) is 36.5. The average Bonchev–Trinajstić information content (AvgIpc) is 1.77. The smallest absolute Gasteiger partial charge is 0.337 e. The Morgan fingerprint density at radius 2 is 1.12 bits per heavy atom. The number of hydrogen-bond donors (Lipinski definition) is 22. The van der Waals surface area contributed by atoms with Gasteiger partial charge in [0.05, 0.1) is 51.8 Å². The van der Waals surface area contributed by atoms with Crippen molar-refractivity contribution in [1.82, 2.24) is 74.1 Å². The highest BCUT2D eigenvalue weighted by molar-refractivity contribution is 6.16. The molecule has 1 fully saturated rings. The van der Waals surface area contributed by atoms with Crippen LogP contribution in [0.3, 0.4) is 0 Å². The monoisotopic (exact) mass is 1640 g/mol. The quantitative estimate of drug-likeness (QED) is 0.00965. The number of hydrogen-bond acceptors (Lipinski definition) is 24. The lowest BCUT2D eigenvalue weighted by molar-refractivity contribution is -0.155. The van der Waals surface area contributed by atoms with Crippen molar-refractivity contribution in [1.29, 1.82) is 0 Å². The summed E-state index contributed by atoms with van der Waals surface area (Å²) < 4.78 is 5.63. The number of ether oxygens (including phenoxy) is 1. The molecule has 0 spiro atoms. The first-order chi connectivity index (χ1) is 55.2. The number of H-pyrrole nitrogens is 1. The molecule has 634 valence electrons. The van der Waals surface area contributed by atoms with Crippen LogP contribution in [0.5, 0.6) is 0 Å². The normalized spacial score (nSPS) is 21.0. The van der Waals surface area contributed by atoms with E-state index in [2.05, 4.69) is 52.8 Å². The molecule has 25 N–H and O–H groups in total. The third-order valence-corrected chi connectivity index (χ3v) is 18.1. The summed E-state index contributed by atoms with van der Waals surface area (Å²) in [5.74, 6) is -30.5. The molecule has 1 aromatic heterocycles. The Hall–Kier alpha value is -13.5. The largest absolute Gasteiger partial charge is 0.481 e. The lowest BCUT2D eigenvalue weighted by Crippen LogP contribution is -2.62. The number of para-hydroxylation sites is 2. The van der Waals surface area contributed by atoms with Crippen molar-refractivity contribution in [2.75, 3.05) is 32.0 Å². The van der Waals surface area contributed by atoms with E-state index < -0.39 is 261 Å². The number of aromatic amines is 1. The molecule has 4 aromatic rings. The van der Waals surface area contributed by atoms with Crippen molar-refractivity contribution < 1.29 is 126 Å². The molecule has 3 aromatic carbocycles. The maximum Gasteiger partial charge on any atom is 0.337 e. The minimum Gasteiger partial charge on any atom is -0.481 e. The second kappa shape index (κ2) is 45.4. The first kappa shape index (κ1) is 94.1. The van der Waals surface area contributed by atoms with Crippen LogP contribution in [0.2, 0.25) is 0 Å². The van der Waals surface area contributed by atoms with E-state index in [0.29, 0.717) is 29.3 Å². The number of rotatable bonds is 31. The fraction of sp³-hybridized carbons (Fsp3) is 0.459. The minimum absolute atomic E-state index is 0.102. The molecular formula is C74H97N17O26. The van der Waals surface area contributed by atoms with Gasteiger partial charge in [0.15, 0.2) is 11.8 Å². The van der Waals surface area contributed by atoms with E-state index in [9.17, 15) is 121 Å². The van der Waals surface area contributed by atoms with Gasteiger partial charge in [0.1, 0.15) is 66.5 Å². The highest BCUT2D eigenvalue weighted by atomic mass is 16.5. The number of aromatic nitrogens is 1. The molecule has 43 nitrogen and oxygen atoms in total. The van der Waals surface area contributed by atoms with Crippen LogP contribution in [-0.2, 0) is 109 Å². The summed E-state index contributed by atoms with van der Waals surface area (Å²) >= 11 is 0. The maximum atomic E-state index is 14.9. The number of Topliss-reactive ketones (excluding diaryl/α,β-unsaturated/α-hetero) is 1. The number of nitrogens with two attached hydrogens (primary N) is 3. The van der Waals surface area contributed by atoms with Gasteiger partial charge in [-0.15, -0.1) is 0 Å². The van der Waals surface area contributed by atoms with Crippen LogP contribution >= 0.6 is 0 Å². The van der Waals surface area contributed by atoms with Gasteiger partial charge in [-0.25, -0.2) is 4.79 Å². The number of carboxylic acids is 4. The molecule has 14 amide bonds. The second-order valence-electron chi connectivity index (χ2n) is 27.7. The number of nitrogens with one attached hydrogen (secondary N) is 14. The van der Waals surface area contributed by atoms with Gasteiger partial charge >= 0.3 is 29.8 Å². The molecule has 43 heteroatoms. The molecule has 1 aliphatic heterocycles. The van der Waals surface area contributed by atoms with E-state index >= 15 is 0 Å². The van der Waals surface area contributed by atoms with E-state index in [-0.39, 0.29) is 37.4 Å². The first-order valence-electron chi connectivity index (χ1n) is 36.8. The van der Waals surface area contributed by atoms with Gasteiger partial charge in [0, 0.05) is 41.2 Å². The van der Waals surface area contributed by atoms with Crippen LogP contribution in [0.4, 0.5) is 5.69 Å². The summed E-state index contributed by atoms with van der Waals surface area (Å²) in [4.78, 5) is 277. The van der Waals surface area contributed by atoms with Gasteiger partial charge in [-0.3, -0.25) is 91.1 Å². The Morgan fingerprint density at radius 3 is 1.71 bits per heavy atom. The number of aliphatic carboxylic acids is 4. The van der Waals surface area contributed by atoms with Crippen molar-refractivity contribution in [3.8, 4) is 0 Å². The molecule has 1 unspecified atom stereocenters. The van der Waals surface area contributed by atoms with Gasteiger partial charge in [0.2, 0.25) is 82.7 Å². The van der Waals surface area contributed by atoms with E-state index in [4.69, 9.17) is 21.9 Å². The second-order valence-corrected chi connectivity index (χ2v) is 27.7. The predicted molar refractivity (Wildman–Crippen MR) is 407 cm³/mol. The molecule has 0 radical (unpaired) electrons. The van der Waals surface area contributed by atoms with Crippen molar-refractivity contribution in [3.63, 3.8) is 0 Å². The zero-order chi connectivity index (χ0) is 87.1. The third-order valence-electron chi connectivity index (χ3n) is 18.1. The first-order valence-corrected chi connectivity index (χ1v) is 36.8. The number of carbonyl (C=O) groups is 20. The van der Waals surface area contributed by atoms with Gasteiger partial charge in [-0.1, -0.05) is 75.4 Å². The number of benzene rings is 3. The number of nitrogen functional groups attached to an aromatic ring is 1. The Bertz CT molecular complexity index is 4360. The number of esters is 1. The SMILES string of the molecule is CC(C)c1ccc(CCCC(=O)NC(Cc2c[nH]c3ccccc23)C(=O)N[C@H](CC(N)=O)C(=O)N[C@@H](CC(=O)O)C(=O)N[C@@H]2C(=O)NCC(=O)N[C@@H](CCCN)C(=O)N[C@@H](CC(=O)O)C(=O)N[C@H](C)C(=O)N[C@@H](CC(=O)O)C(=O)NCC(=O)N[C@H](CO)C(=O)N[C@@H]([C@H](C)CC(=O)O)C(=O)N[C@@H](C(=O)c3ccccc3N)C(=O)O[C@@H]2C)cc1. The van der Waals surface area contributed by atoms with Crippen LogP contribution in [-0.4, -0.2) is 248 Å². The fourth-order valence-corrected chi connectivity index (χ4v) is 11.8. The van der Waals surface area contributed by atoms with E-state index in [1.165, 1.54) is 12.1 Å². The van der Waals surface area contributed by atoms with Gasteiger partial charge < -0.3 is 122 Å². The van der Waals surface area contributed by atoms with Gasteiger partial charge in [-0.05, 0) is 92.8 Å². The zero-order valence-electron chi connectivity index (χ0n) is 64.2. The van der Waals surface area contributed by atoms with Crippen molar-refractivity contribution >= 4 is 135 Å². The van der Waals surface area contributed by atoms with Crippen LogP contribution in [0, 0.1) is 5.92 Å².